The Morgan fingerprint density at radius 2 is 2.05 bits per heavy atom. The van der Waals surface area contributed by atoms with Crippen LogP contribution in [0.3, 0.4) is 0 Å². The molecule has 0 radical (unpaired) electrons. The molecular formula is C15H19N3O3. The highest BCUT2D eigenvalue weighted by molar-refractivity contribution is 5.99. The summed E-state index contributed by atoms with van der Waals surface area (Å²) in [5.41, 5.74) is 0.793. The van der Waals surface area contributed by atoms with E-state index in [0.29, 0.717) is 22.8 Å². The van der Waals surface area contributed by atoms with Gasteiger partial charge >= 0.3 is 0 Å². The summed E-state index contributed by atoms with van der Waals surface area (Å²) in [6.45, 7) is 6.05. The van der Waals surface area contributed by atoms with E-state index in [1.54, 1.807) is 24.3 Å². The van der Waals surface area contributed by atoms with Crippen LogP contribution in [0, 0.1) is 0 Å². The van der Waals surface area contributed by atoms with E-state index in [1.807, 2.05) is 20.8 Å². The lowest BCUT2D eigenvalue weighted by atomic mass is 9.96. The molecule has 0 unspecified atom stereocenters. The molecule has 1 aromatic heterocycles. The van der Waals surface area contributed by atoms with Gasteiger partial charge in [0.1, 0.15) is 0 Å². The Morgan fingerprint density at radius 1 is 1.33 bits per heavy atom. The van der Waals surface area contributed by atoms with Crippen LogP contribution in [0.5, 0.6) is 0 Å². The van der Waals surface area contributed by atoms with Crippen molar-refractivity contribution in [3.05, 3.63) is 35.7 Å². The van der Waals surface area contributed by atoms with E-state index in [-0.39, 0.29) is 24.5 Å². The van der Waals surface area contributed by atoms with Gasteiger partial charge in [0.15, 0.2) is 5.82 Å². The first-order valence-corrected chi connectivity index (χ1v) is 6.76. The van der Waals surface area contributed by atoms with Crippen LogP contribution in [0.4, 0.5) is 0 Å². The van der Waals surface area contributed by atoms with E-state index < -0.39 is 0 Å². The van der Waals surface area contributed by atoms with Gasteiger partial charge in [-0.3, -0.25) is 4.79 Å². The SMILES string of the molecule is CC(C)(C)c1noc(-c2ccccc2C(=O)NCCO)n1. The monoisotopic (exact) mass is 289 g/mol. The number of aliphatic hydroxyl groups is 1. The first-order chi connectivity index (χ1) is 9.93. The predicted molar refractivity (Wildman–Crippen MR) is 77.9 cm³/mol. The first kappa shape index (κ1) is 15.2. The summed E-state index contributed by atoms with van der Waals surface area (Å²) < 4.78 is 5.28. The number of benzene rings is 1. The zero-order valence-electron chi connectivity index (χ0n) is 12.4. The van der Waals surface area contributed by atoms with Crippen molar-refractivity contribution >= 4 is 5.91 Å². The van der Waals surface area contributed by atoms with Gasteiger partial charge < -0.3 is 14.9 Å². The molecule has 2 N–H and O–H groups in total. The third kappa shape index (κ3) is 3.46. The van der Waals surface area contributed by atoms with E-state index in [0.717, 1.165) is 0 Å². The Balaban J connectivity index is 2.36. The topological polar surface area (TPSA) is 88.2 Å². The zero-order chi connectivity index (χ0) is 15.5. The van der Waals surface area contributed by atoms with Crippen molar-refractivity contribution in [2.75, 3.05) is 13.2 Å². The number of rotatable bonds is 4. The minimum Gasteiger partial charge on any atom is -0.395 e. The van der Waals surface area contributed by atoms with Crippen molar-refractivity contribution in [1.29, 1.82) is 0 Å². The molecule has 0 aliphatic carbocycles. The molecule has 0 saturated heterocycles. The molecule has 1 heterocycles. The number of nitrogens with zero attached hydrogens (tertiary/aromatic N) is 2. The smallest absolute Gasteiger partial charge is 0.258 e. The third-order valence-corrected chi connectivity index (χ3v) is 2.90. The van der Waals surface area contributed by atoms with Crippen LogP contribution in [0.15, 0.2) is 28.8 Å². The van der Waals surface area contributed by atoms with Crippen LogP contribution in [0.25, 0.3) is 11.5 Å². The van der Waals surface area contributed by atoms with E-state index in [4.69, 9.17) is 9.63 Å². The second kappa shape index (κ2) is 6.05. The lowest BCUT2D eigenvalue weighted by Gasteiger charge is -2.11. The van der Waals surface area contributed by atoms with Crippen molar-refractivity contribution in [3.63, 3.8) is 0 Å². The Hall–Kier alpha value is -2.21. The highest BCUT2D eigenvalue weighted by Gasteiger charge is 2.23. The zero-order valence-corrected chi connectivity index (χ0v) is 12.4. The van der Waals surface area contributed by atoms with Gasteiger partial charge in [0.2, 0.25) is 0 Å². The number of hydrogen-bond donors (Lipinski definition) is 2. The molecule has 2 rings (SSSR count). The van der Waals surface area contributed by atoms with Gasteiger partial charge in [0.05, 0.1) is 17.7 Å². The molecule has 2 aromatic rings. The van der Waals surface area contributed by atoms with Crippen LogP contribution < -0.4 is 5.32 Å². The van der Waals surface area contributed by atoms with Gasteiger partial charge in [-0.2, -0.15) is 4.98 Å². The van der Waals surface area contributed by atoms with Crippen molar-refractivity contribution in [2.24, 2.45) is 0 Å². The van der Waals surface area contributed by atoms with Gasteiger partial charge in [0.25, 0.3) is 11.8 Å². The molecule has 0 aliphatic rings. The van der Waals surface area contributed by atoms with Crippen LogP contribution in [0.2, 0.25) is 0 Å². The average Bonchev–Trinajstić information content (AvgIpc) is 2.94. The summed E-state index contributed by atoms with van der Waals surface area (Å²) in [4.78, 5) is 16.5. The maximum absolute atomic E-state index is 12.1. The van der Waals surface area contributed by atoms with Gasteiger partial charge in [-0.1, -0.05) is 38.1 Å². The molecule has 0 aliphatic heterocycles. The number of carbonyl (C=O) groups excluding carboxylic acids is 1. The lowest BCUT2D eigenvalue weighted by molar-refractivity contribution is 0.0945. The summed E-state index contributed by atoms with van der Waals surface area (Å²) in [6.07, 6.45) is 0. The standard InChI is InChI=1S/C15H19N3O3/c1-15(2,3)14-17-13(21-18-14)11-7-5-4-6-10(11)12(20)16-8-9-19/h4-7,19H,8-9H2,1-3H3,(H,16,20). The number of amides is 1. The molecule has 0 saturated carbocycles. The summed E-state index contributed by atoms with van der Waals surface area (Å²) in [5, 5.41) is 15.4. The number of nitrogens with one attached hydrogen (secondary N) is 1. The van der Waals surface area contributed by atoms with E-state index in [1.165, 1.54) is 0 Å². The maximum atomic E-state index is 12.1. The number of carbonyl (C=O) groups is 1. The second-order valence-corrected chi connectivity index (χ2v) is 5.70. The molecule has 0 fully saturated rings. The van der Waals surface area contributed by atoms with Crippen LogP contribution in [-0.2, 0) is 5.41 Å². The summed E-state index contributed by atoms with van der Waals surface area (Å²) in [6, 6.07) is 7.01. The van der Waals surface area contributed by atoms with Crippen molar-refractivity contribution < 1.29 is 14.4 Å². The van der Waals surface area contributed by atoms with Crippen LogP contribution >= 0.6 is 0 Å². The van der Waals surface area contributed by atoms with Crippen molar-refractivity contribution in [2.45, 2.75) is 26.2 Å². The fraction of sp³-hybridized carbons (Fsp3) is 0.400. The summed E-state index contributed by atoms with van der Waals surface area (Å²) >= 11 is 0. The predicted octanol–water partition coefficient (Wildman–Crippen LogP) is 1.76. The number of aliphatic hydroxyl groups excluding tert-OH is 1. The summed E-state index contributed by atoms with van der Waals surface area (Å²) in [5.74, 6) is 0.618. The molecular weight excluding hydrogens is 270 g/mol. The Kier molecular flexibility index (Phi) is 4.37. The third-order valence-electron chi connectivity index (χ3n) is 2.90. The van der Waals surface area contributed by atoms with Crippen LogP contribution in [0.1, 0.15) is 37.0 Å². The Morgan fingerprint density at radius 3 is 2.67 bits per heavy atom. The normalized spacial score (nSPS) is 11.4. The molecule has 1 amide bonds. The van der Waals surface area contributed by atoms with Crippen LogP contribution in [-0.4, -0.2) is 34.3 Å². The largest absolute Gasteiger partial charge is 0.395 e. The minimum absolute atomic E-state index is 0.108. The molecule has 6 nitrogen and oxygen atoms in total. The van der Waals surface area contributed by atoms with Gasteiger partial charge in [-0.15, -0.1) is 0 Å². The fourth-order valence-corrected chi connectivity index (χ4v) is 1.77. The second-order valence-electron chi connectivity index (χ2n) is 5.70. The van der Waals surface area contributed by atoms with Gasteiger partial charge in [0, 0.05) is 12.0 Å². The van der Waals surface area contributed by atoms with E-state index in [2.05, 4.69) is 15.5 Å². The van der Waals surface area contributed by atoms with Gasteiger partial charge in [-0.05, 0) is 12.1 Å². The van der Waals surface area contributed by atoms with Crippen molar-refractivity contribution in [1.82, 2.24) is 15.5 Å². The lowest BCUT2D eigenvalue weighted by Crippen LogP contribution is -2.26. The minimum atomic E-state index is -0.282. The average molecular weight is 289 g/mol. The molecule has 1 aromatic carbocycles. The highest BCUT2D eigenvalue weighted by Crippen LogP contribution is 2.25. The Labute approximate surface area is 123 Å². The van der Waals surface area contributed by atoms with E-state index >= 15 is 0 Å². The van der Waals surface area contributed by atoms with E-state index in [9.17, 15) is 4.79 Å². The Bertz CT molecular complexity index is 629. The van der Waals surface area contributed by atoms with Crippen molar-refractivity contribution in [3.8, 4) is 11.5 Å². The van der Waals surface area contributed by atoms with Gasteiger partial charge in [-0.25, -0.2) is 0 Å². The molecule has 0 spiro atoms. The summed E-state index contributed by atoms with van der Waals surface area (Å²) in [7, 11) is 0. The maximum Gasteiger partial charge on any atom is 0.258 e. The molecule has 21 heavy (non-hydrogen) atoms. The highest BCUT2D eigenvalue weighted by atomic mass is 16.5. The molecule has 6 heteroatoms. The fourth-order valence-electron chi connectivity index (χ4n) is 1.77. The quantitative estimate of drug-likeness (QED) is 0.895. The molecule has 112 valence electrons. The first-order valence-electron chi connectivity index (χ1n) is 6.76. The number of aromatic nitrogens is 2. The molecule has 0 bridgehead atoms. The number of hydrogen-bond acceptors (Lipinski definition) is 5. The molecule has 0 atom stereocenters.